The minimum Gasteiger partial charge on any atom is -0.493 e. The van der Waals surface area contributed by atoms with Gasteiger partial charge in [-0.2, -0.15) is 0 Å². The van der Waals surface area contributed by atoms with E-state index < -0.39 is 11.6 Å². The molecule has 1 aliphatic heterocycles. The van der Waals surface area contributed by atoms with Crippen molar-refractivity contribution in [1.82, 2.24) is 9.80 Å². The number of amides is 1. The number of carbonyl (C=O) groups is 1. The van der Waals surface area contributed by atoms with Crippen LogP contribution in [0.4, 0.5) is 8.78 Å². The smallest absolute Gasteiger partial charge is 0.222 e. The number of benzene rings is 2. The van der Waals surface area contributed by atoms with Gasteiger partial charge in [-0.25, -0.2) is 8.78 Å². The summed E-state index contributed by atoms with van der Waals surface area (Å²) >= 11 is 0. The van der Waals surface area contributed by atoms with Gasteiger partial charge in [0.15, 0.2) is 23.1 Å². The van der Waals surface area contributed by atoms with E-state index in [0.717, 1.165) is 37.6 Å². The lowest BCUT2D eigenvalue weighted by Gasteiger charge is -2.34. The molecule has 0 aliphatic carbocycles. The van der Waals surface area contributed by atoms with E-state index in [4.69, 9.17) is 18.9 Å². The summed E-state index contributed by atoms with van der Waals surface area (Å²) in [5.41, 5.74) is 1.02. The first-order valence-corrected chi connectivity index (χ1v) is 11.3. The summed E-state index contributed by atoms with van der Waals surface area (Å²) in [4.78, 5) is 16.7. The molecule has 0 aromatic heterocycles. The van der Waals surface area contributed by atoms with Crippen molar-refractivity contribution in [2.75, 3.05) is 60.7 Å². The van der Waals surface area contributed by atoms with Crippen molar-refractivity contribution in [2.24, 2.45) is 0 Å². The number of halogens is 2. The molecule has 9 heteroatoms. The van der Waals surface area contributed by atoms with Crippen molar-refractivity contribution in [3.63, 3.8) is 0 Å². The first-order chi connectivity index (χ1) is 16.4. The number of ether oxygens (including phenoxy) is 4. The highest BCUT2D eigenvalue weighted by Gasteiger charge is 2.21. The van der Waals surface area contributed by atoms with E-state index in [0.29, 0.717) is 49.9 Å². The highest BCUT2D eigenvalue weighted by Crippen LogP contribution is 2.38. The van der Waals surface area contributed by atoms with Crippen molar-refractivity contribution >= 4 is 5.91 Å². The molecule has 0 N–H and O–H groups in total. The van der Waals surface area contributed by atoms with Gasteiger partial charge in [-0.05, 0) is 42.7 Å². The molecule has 1 saturated heterocycles. The molecule has 1 aliphatic rings. The molecule has 2 aromatic rings. The van der Waals surface area contributed by atoms with Gasteiger partial charge in [-0.1, -0.05) is 0 Å². The van der Waals surface area contributed by atoms with Crippen LogP contribution < -0.4 is 18.9 Å². The Hall–Kier alpha value is -3.07. The quantitative estimate of drug-likeness (QED) is 0.493. The lowest BCUT2D eigenvalue weighted by Crippen LogP contribution is -2.49. The SMILES string of the molecule is COc1cc(CCCC(=O)N2CCN(CCOc3ccc(F)cc3F)CC2)cc(OC)c1OC. The molecule has 0 radical (unpaired) electrons. The Bertz CT molecular complexity index is 939. The van der Waals surface area contributed by atoms with E-state index >= 15 is 0 Å². The molecule has 186 valence electrons. The number of piperazine rings is 1. The molecule has 0 saturated carbocycles. The Morgan fingerprint density at radius 1 is 0.912 bits per heavy atom. The van der Waals surface area contributed by atoms with Crippen LogP contribution in [0.25, 0.3) is 0 Å². The molecule has 2 aromatic carbocycles. The second-order valence-electron chi connectivity index (χ2n) is 8.03. The van der Waals surface area contributed by atoms with Crippen LogP contribution in [0.1, 0.15) is 18.4 Å². The molecule has 1 amide bonds. The number of hydrogen-bond donors (Lipinski definition) is 0. The van der Waals surface area contributed by atoms with E-state index in [1.54, 1.807) is 21.3 Å². The predicted molar refractivity (Wildman–Crippen MR) is 124 cm³/mol. The van der Waals surface area contributed by atoms with Crippen LogP contribution in [0.2, 0.25) is 0 Å². The average Bonchev–Trinajstić information content (AvgIpc) is 2.85. The van der Waals surface area contributed by atoms with Crippen molar-refractivity contribution in [2.45, 2.75) is 19.3 Å². The summed E-state index contributed by atoms with van der Waals surface area (Å²) in [5.74, 6) is 0.599. The minimum absolute atomic E-state index is 0.0438. The summed E-state index contributed by atoms with van der Waals surface area (Å²) in [7, 11) is 4.73. The maximum Gasteiger partial charge on any atom is 0.222 e. The van der Waals surface area contributed by atoms with Crippen LogP contribution in [0, 0.1) is 11.6 Å². The molecule has 34 heavy (non-hydrogen) atoms. The van der Waals surface area contributed by atoms with Crippen LogP contribution in [-0.4, -0.2) is 76.4 Å². The van der Waals surface area contributed by atoms with Gasteiger partial charge in [-0.3, -0.25) is 9.69 Å². The standard InChI is InChI=1S/C25H32F2N2O5/c1-31-22-15-18(16-23(32-2)25(22)33-3)5-4-6-24(30)29-11-9-28(10-12-29)13-14-34-21-8-7-19(26)17-20(21)27/h7-8,15-17H,4-6,9-14H2,1-3H3. The molecular formula is C25H32F2N2O5. The Morgan fingerprint density at radius 3 is 2.18 bits per heavy atom. The number of aryl methyl sites for hydroxylation is 1. The first-order valence-electron chi connectivity index (χ1n) is 11.3. The Labute approximate surface area is 199 Å². The molecule has 0 unspecified atom stereocenters. The zero-order valence-corrected chi connectivity index (χ0v) is 19.9. The number of rotatable bonds is 11. The van der Waals surface area contributed by atoms with Gasteiger partial charge in [0.1, 0.15) is 12.4 Å². The minimum atomic E-state index is -0.707. The first kappa shape index (κ1) is 25.6. The third-order valence-corrected chi connectivity index (χ3v) is 5.86. The van der Waals surface area contributed by atoms with Gasteiger partial charge in [0.05, 0.1) is 21.3 Å². The fourth-order valence-corrected chi connectivity index (χ4v) is 3.98. The number of methoxy groups -OCH3 is 3. The number of carbonyl (C=O) groups excluding carboxylic acids is 1. The van der Waals surface area contributed by atoms with Gasteiger partial charge < -0.3 is 23.8 Å². The lowest BCUT2D eigenvalue weighted by atomic mass is 10.1. The fourth-order valence-electron chi connectivity index (χ4n) is 3.98. The van der Waals surface area contributed by atoms with Gasteiger partial charge in [0.2, 0.25) is 11.7 Å². The van der Waals surface area contributed by atoms with Gasteiger partial charge >= 0.3 is 0 Å². The lowest BCUT2D eigenvalue weighted by molar-refractivity contribution is -0.133. The molecule has 3 rings (SSSR count). The van der Waals surface area contributed by atoms with Crippen LogP contribution in [0.3, 0.4) is 0 Å². The Kier molecular flexibility index (Phi) is 9.33. The maximum absolute atomic E-state index is 13.6. The predicted octanol–water partition coefficient (Wildman–Crippen LogP) is 3.54. The summed E-state index contributed by atoms with van der Waals surface area (Å²) in [6.45, 7) is 3.66. The second kappa shape index (κ2) is 12.4. The van der Waals surface area contributed by atoms with E-state index in [1.165, 1.54) is 12.1 Å². The van der Waals surface area contributed by atoms with Gasteiger partial charge in [0, 0.05) is 45.2 Å². The largest absolute Gasteiger partial charge is 0.493 e. The summed E-state index contributed by atoms with van der Waals surface area (Å²) in [6.07, 6.45) is 1.90. The maximum atomic E-state index is 13.6. The molecule has 0 spiro atoms. The normalized spacial score (nSPS) is 14.1. The van der Waals surface area contributed by atoms with Crippen molar-refractivity contribution in [3.05, 3.63) is 47.5 Å². The van der Waals surface area contributed by atoms with Gasteiger partial charge in [0.25, 0.3) is 0 Å². The van der Waals surface area contributed by atoms with E-state index in [9.17, 15) is 13.6 Å². The highest BCUT2D eigenvalue weighted by molar-refractivity contribution is 5.76. The summed E-state index contributed by atoms with van der Waals surface area (Å²) < 4.78 is 48.1. The molecule has 0 bridgehead atoms. The van der Waals surface area contributed by atoms with Crippen molar-refractivity contribution in [3.8, 4) is 23.0 Å². The molecule has 7 nitrogen and oxygen atoms in total. The van der Waals surface area contributed by atoms with E-state index in [-0.39, 0.29) is 11.7 Å². The average molecular weight is 479 g/mol. The van der Waals surface area contributed by atoms with E-state index in [2.05, 4.69) is 4.90 Å². The van der Waals surface area contributed by atoms with Gasteiger partial charge in [-0.15, -0.1) is 0 Å². The van der Waals surface area contributed by atoms with Crippen molar-refractivity contribution < 1.29 is 32.5 Å². The topological polar surface area (TPSA) is 60.5 Å². The van der Waals surface area contributed by atoms with Crippen molar-refractivity contribution in [1.29, 1.82) is 0 Å². The number of nitrogens with zero attached hydrogens (tertiary/aromatic N) is 2. The highest BCUT2D eigenvalue weighted by atomic mass is 19.1. The van der Waals surface area contributed by atoms with Crippen LogP contribution in [-0.2, 0) is 11.2 Å². The molecule has 1 fully saturated rings. The fraction of sp³-hybridized carbons (Fsp3) is 0.480. The summed E-state index contributed by atoms with van der Waals surface area (Å²) in [5, 5.41) is 0. The Morgan fingerprint density at radius 2 is 1.59 bits per heavy atom. The van der Waals surface area contributed by atoms with E-state index in [1.807, 2.05) is 17.0 Å². The zero-order chi connectivity index (χ0) is 24.5. The van der Waals surface area contributed by atoms with Crippen LogP contribution in [0.5, 0.6) is 23.0 Å². The van der Waals surface area contributed by atoms with Crippen LogP contribution >= 0.6 is 0 Å². The summed E-state index contributed by atoms with van der Waals surface area (Å²) in [6, 6.07) is 7.08. The molecule has 1 heterocycles. The third kappa shape index (κ3) is 6.72. The monoisotopic (exact) mass is 478 g/mol. The second-order valence-corrected chi connectivity index (χ2v) is 8.03. The zero-order valence-electron chi connectivity index (χ0n) is 19.9. The number of hydrogen-bond acceptors (Lipinski definition) is 6. The van der Waals surface area contributed by atoms with Crippen LogP contribution in [0.15, 0.2) is 30.3 Å². The Balaban J connectivity index is 1.38. The molecular weight excluding hydrogens is 446 g/mol. The third-order valence-electron chi connectivity index (χ3n) is 5.86. The molecule has 0 atom stereocenters.